The van der Waals surface area contributed by atoms with Gasteiger partial charge in [0.2, 0.25) is 0 Å². The molecule has 1 heterocycles. The van der Waals surface area contributed by atoms with Crippen LogP contribution in [-0.2, 0) is 28.8 Å². The van der Waals surface area contributed by atoms with Crippen molar-refractivity contribution in [1.82, 2.24) is 4.98 Å². The van der Waals surface area contributed by atoms with Crippen molar-refractivity contribution in [2.45, 2.75) is 32.1 Å². The number of para-hydroxylation sites is 2. The van der Waals surface area contributed by atoms with Crippen LogP contribution in [0.5, 0.6) is 0 Å². The average Bonchev–Trinajstić information content (AvgIpc) is 3.29. The Morgan fingerprint density at radius 2 is 1.92 bits per heavy atom. The van der Waals surface area contributed by atoms with Crippen LogP contribution in [0.3, 0.4) is 0 Å². The van der Waals surface area contributed by atoms with E-state index in [9.17, 15) is 9.59 Å². The third kappa shape index (κ3) is 3.52. The lowest BCUT2D eigenvalue weighted by Gasteiger charge is -2.06. The van der Waals surface area contributed by atoms with E-state index >= 15 is 0 Å². The molecule has 1 aliphatic rings. The third-order valence-corrected chi connectivity index (χ3v) is 4.67. The number of carbonyl (C=O) groups excluding carboxylic acids is 2. The van der Waals surface area contributed by atoms with Crippen molar-refractivity contribution >= 4 is 22.9 Å². The van der Waals surface area contributed by atoms with E-state index in [0.717, 1.165) is 24.8 Å². The summed E-state index contributed by atoms with van der Waals surface area (Å²) in [6, 6.07) is 13.2. The van der Waals surface area contributed by atoms with Crippen molar-refractivity contribution in [3.63, 3.8) is 0 Å². The molecule has 0 bridgehead atoms. The van der Waals surface area contributed by atoms with Crippen molar-refractivity contribution in [2.24, 2.45) is 0 Å². The van der Waals surface area contributed by atoms with Gasteiger partial charge in [-0.3, -0.25) is 9.59 Å². The van der Waals surface area contributed by atoms with Crippen LogP contribution >= 0.6 is 0 Å². The number of rotatable bonds is 6. The number of hydrogen-bond acceptors (Lipinski definition) is 5. The molecule has 132 valence electrons. The number of fused-ring (bicyclic) bond motifs is 2. The van der Waals surface area contributed by atoms with E-state index in [-0.39, 0.29) is 18.8 Å². The molecule has 0 N–H and O–H groups in total. The standard InChI is InChI=1S/C21H19NO4/c23-18(16-9-8-14-4-3-5-15(14)12-16)13-25-21(24)11-10-20-22-17-6-1-2-7-19(17)26-20/h1-2,6-9,12H,3-5,10-11,13H2. The van der Waals surface area contributed by atoms with E-state index in [4.69, 9.17) is 9.15 Å². The second kappa shape index (κ2) is 7.12. The van der Waals surface area contributed by atoms with Gasteiger partial charge in [0.15, 0.2) is 23.9 Å². The highest BCUT2D eigenvalue weighted by molar-refractivity contribution is 5.98. The highest BCUT2D eigenvalue weighted by Crippen LogP contribution is 2.23. The number of aromatic nitrogens is 1. The Hall–Kier alpha value is -2.95. The Balaban J connectivity index is 1.29. The molecular formula is C21H19NO4. The highest BCUT2D eigenvalue weighted by atomic mass is 16.5. The lowest BCUT2D eigenvalue weighted by molar-refractivity contribution is -0.142. The first-order valence-electron chi connectivity index (χ1n) is 8.84. The monoisotopic (exact) mass is 349 g/mol. The molecule has 0 atom stereocenters. The molecule has 4 rings (SSSR count). The second-order valence-electron chi connectivity index (χ2n) is 6.50. The van der Waals surface area contributed by atoms with E-state index < -0.39 is 5.97 Å². The first kappa shape index (κ1) is 16.5. The maximum absolute atomic E-state index is 12.2. The van der Waals surface area contributed by atoms with Gasteiger partial charge >= 0.3 is 5.97 Å². The molecule has 2 aromatic carbocycles. The number of oxazole rings is 1. The highest BCUT2D eigenvalue weighted by Gasteiger charge is 2.16. The normalized spacial score (nSPS) is 12.9. The molecule has 5 heteroatoms. The minimum atomic E-state index is -0.429. The predicted octanol–water partition coefficient (Wildman–Crippen LogP) is 3.68. The minimum absolute atomic E-state index is 0.129. The largest absolute Gasteiger partial charge is 0.457 e. The fourth-order valence-electron chi connectivity index (χ4n) is 3.28. The molecule has 0 fully saturated rings. The first-order valence-corrected chi connectivity index (χ1v) is 8.84. The number of esters is 1. The van der Waals surface area contributed by atoms with Gasteiger partial charge in [-0.25, -0.2) is 4.98 Å². The molecule has 3 aromatic rings. The third-order valence-electron chi connectivity index (χ3n) is 4.67. The number of nitrogens with zero attached hydrogens (tertiary/aromatic N) is 1. The summed E-state index contributed by atoms with van der Waals surface area (Å²) in [5.41, 5.74) is 4.62. The van der Waals surface area contributed by atoms with Crippen molar-refractivity contribution in [1.29, 1.82) is 0 Å². The van der Waals surface area contributed by atoms with Gasteiger partial charge in [0, 0.05) is 12.0 Å². The SMILES string of the molecule is O=C(CCc1nc2ccccc2o1)OCC(=O)c1ccc2c(c1)CCC2. The molecule has 26 heavy (non-hydrogen) atoms. The molecule has 0 saturated heterocycles. The molecule has 0 aliphatic heterocycles. The van der Waals surface area contributed by atoms with Gasteiger partial charge in [0.05, 0.1) is 6.42 Å². The molecule has 0 spiro atoms. The van der Waals surface area contributed by atoms with E-state index in [1.807, 2.05) is 42.5 Å². The van der Waals surface area contributed by atoms with Crippen LogP contribution in [0.15, 0.2) is 46.9 Å². The van der Waals surface area contributed by atoms with Crippen LogP contribution in [-0.4, -0.2) is 23.3 Å². The quantitative estimate of drug-likeness (QED) is 0.502. The van der Waals surface area contributed by atoms with Gasteiger partial charge in [-0.05, 0) is 48.6 Å². The van der Waals surface area contributed by atoms with Crippen molar-refractivity contribution in [3.8, 4) is 0 Å². The number of ether oxygens (including phenoxy) is 1. The van der Waals surface area contributed by atoms with E-state index in [2.05, 4.69) is 4.98 Å². The van der Waals surface area contributed by atoms with Gasteiger partial charge in [0.1, 0.15) is 5.52 Å². The number of carbonyl (C=O) groups is 2. The van der Waals surface area contributed by atoms with Gasteiger partial charge in [-0.15, -0.1) is 0 Å². The van der Waals surface area contributed by atoms with Crippen LogP contribution in [0.25, 0.3) is 11.1 Å². The molecule has 0 amide bonds. The summed E-state index contributed by atoms with van der Waals surface area (Å²) in [6.45, 7) is -0.231. The zero-order chi connectivity index (χ0) is 17.9. The van der Waals surface area contributed by atoms with Crippen molar-refractivity contribution < 1.29 is 18.7 Å². The number of aryl methyl sites for hydroxylation is 3. The smallest absolute Gasteiger partial charge is 0.306 e. The Kier molecular flexibility index (Phi) is 4.52. The summed E-state index contributed by atoms with van der Waals surface area (Å²) in [4.78, 5) is 28.5. The Bertz CT molecular complexity index is 940. The van der Waals surface area contributed by atoms with Crippen molar-refractivity contribution in [2.75, 3.05) is 6.61 Å². The summed E-state index contributed by atoms with van der Waals surface area (Å²) in [7, 11) is 0. The lowest BCUT2D eigenvalue weighted by atomic mass is 10.0. The number of hydrogen-bond donors (Lipinski definition) is 0. The average molecular weight is 349 g/mol. The van der Waals surface area contributed by atoms with Gasteiger partial charge in [0.25, 0.3) is 0 Å². The molecular weight excluding hydrogens is 330 g/mol. The van der Waals surface area contributed by atoms with E-state index in [0.29, 0.717) is 23.5 Å². The van der Waals surface area contributed by atoms with Gasteiger partial charge in [-0.1, -0.05) is 24.3 Å². The topological polar surface area (TPSA) is 69.4 Å². The Labute approximate surface area is 151 Å². The fourth-order valence-corrected chi connectivity index (χ4v) is 3.28. The first-order chi connectivity index (χ1) is 12.7. The number of benzene rings is 2. The van der Waals surface area contributed by atoms with Crippen molar-refractivity contribution in [3.05, 3.63) is 65.0 Å². The van der Waals surface area contributed by atoms with Crippen LogP contribution in [0.4, 0.5) is 0 Å². The Morgan fingerprint density at radius 3 is 2.81 bits per heavy atom. The van der Waals surface area contributed by atoms with Crippen LogP contribution < -0.4 is 0 Å². The minimum Gasteiger partial charge on any atom is -0.457 e. The van der Waals surface area contributed by atoms with Crippen LogP contribution in [0.1, 0.15) is 40.2 Å². The molecule has 5 nitrogen and oxygen atoms in total. The lowest BCUT2D eigenvalue weighted by Crippen LogP contribution is -2.14. The van der Waals surface area contributed by atoms with Gasteiger partial charge in [-0.2, -0.15) is 0 Å². The summed E-state index contributed by atoms with van der Waals surface area (Å²) in [5, 5.41) is 0. The van der Waals surface area contributed by atoms with Gasteiger partial charge < -0.3 is 9.15 Å². The van der Waals surface area contributed by atoms with E-state index in [1.54, 1.807) is 0 Å². The number of ketones is 1. The summed E-state index contributed by atoms with van der Waals surface area (Å²) < 4.78 is 10.7. The maximum Gasteiger partial charge on any atom is 0.306 e. The predicted molar refractivity (Wildman–Crippen MR) is 96.1 cm³/mol. The zero-order valence-corrected chi connectivity index (χ0v) is 14.4. The molecule has 0 saturated carbocycles. The summed E-state index contributed by atoms with van der Waals surface area (Å²) in [6.07, 6.45) is 3.71. The molecule has 0 radical (unpaired) electrons. The summed E-state index contributed by atoms with van der Waals surface area (Å²) in [5.74, 6) is -0.107. The second-order valence-corrected chi connectivity index (χ2v) is 6.50. The van der Waals surface area contributed by atoms with Crippen LogP contribution in [0.2, 0.25) is 0 Å². The maximum atomic E-state index is 12.2. The fraction of sp³-hybridized carbons (Fsp3) is 0.286. The summed E-state index contributed by atoms with van der Waals surface area (Å²) >= 11 is 0. The zero-order valence-electron chi connectivity index (χ0n) is 14.4. The molecule has 1 aromatic heterocycles. The number of Topliss-reactive ketones (excluding diaryl/α,β-unsaturated/α-hetero) is 1. The molecule has 0 unspecified atom stereocenters. The van der Waals surface area contributed by atoms with E-state index in [1.165, 1.54) is 11.1 Å². The Morgan fingerprint density at radius 1 is 1.08 bits per heavy atom. The molecule has 1 aliphatic carbocycles. The van der Waals surface area contributed by atoms with Crippen LogP contribution in [0, 0.1) is 0 Å².